The molecule has 70 heavy (non-hydrogen) atoms. The van der Waals surface area contributed by atoms with E-state index in [0.29, 0.717) is 44.0 Å². The predicted octanol–water partition coefficient (Wildman–Crippen LogP) is 7.48. The fraction of sp³-hybridized carbons (Fsp3) is 0.862. The summed E-state index contributed by atoms with van der Waals surface area (Å²) in [4.78, 5) is 51.6. The van der Waals surface area contributed by atoms with Crippen molar-refractivity contribution < 1.29 is 85.6 Å². The number of amides is 2. The summed E-state index contributed by atoms with van der Waals surface area (Å²) >= 11 is 0. The number of hydrogen-bond acceptors (Lipinski definition) is 6. The quantitative estimate of drug-likeness (QED) is 0.0211. The first kappa shape index (κ1) is 73.0. The number of carbonyl (C=O) groups excluding carboxylic acids is 4. The van der Waals surface area contributed by atoms with Gasteiger partial charge in [-0.05, 0) is 83.2 Å². The molecule has 2 atom stereocenters. The molecule has 2 saturated heterocycles. The minimum absolute atomic E-state index is 0. The van der Waals surface area contributed by atoms with Crippen LogP contribution in [0.3, 0.4) is 0 Å². The Morgan fingerprint density at radius 3 is 1.37 bits per heavy atom. The largest absolute Gasteiger partial charge is 1.00 e. The molecule has 0 aromatic heterocycles. The molecule has 2 aliphatic rings. The van der Waals surface area contributed by atoms with E-state index < -0.39 is 5.41 Å². The topological polar surface area (TPSA) is 93.2 Å². The molecule has 2 aliphatic heterocycles. The second-order valence-electron chi connectivity index (χ2n) is 22.8. The Bertz CT molecular complexity index is 1390. The van der Waals surface area contributed by atoms with Crippen LogP contribution in [-0.4, -0.2) is 129 Å². The Labute approximate surface area is 467 Å². The first-order valence-corrected chi connectivity index (χ1v) is 28.0. The maximum absolute atomic E-state index is 13.4. The molecule has 0 saturated carbocycles. The number of esters is 2. The van der Waals surface area contributed by atoms with Gasteiger partial charge in [-0.25, -0.2) is 4.79 Å². The van der Waals surface area contributed by atoms with Gasteiger partial charge in [0.25, 0.3) is 0 Å². The Morgan fingerprint density at radius 1 is 0.643 bits per heavy atom. The Morgan fingerprint density at radius 2 is 1.04 bits per heavy atom. The van der Waals surface area contributed by atoms with Crippen LogP contribution in [0, 0.1) is 17.3 Å². The molecular formula is C58H112I2N4O6. The average molecular weight is 1220 g/mol. The average Bonchev–Trinajstić information content (AvgIpc) is 3.91. The highest BCUT2D eigenvalue weighted by Gasteiger charge is 2.43. The third-order valence-electron chi connectivity index (χ3n) is 14.5. The first-order chi connectivity index (χ1) is 32.2. The number of nitrogens with zero attached hydrogens (tertiary/aromatic N) is 4. The molecule has 2 rings (SSSR count). The highest BCUT2D eigenvalue weighted by molar-refractivity contribution is 5.86. The standard InChI is InChI=1S/C32H63N2O3.C20H40NO2.C6H9NO.2HI/c1-9-10-11-12-13-14-15-16-17-18-22-34(7,8)23-24-37-31(36)32(6,28(4)5)26-29(25-27(2)3)33-21-19-20-30(33)35;1-6-7-8-9-10-11-12-13-14-15-16-21(4,5)17-18-23-20(22)19(2)3;1-2-7-5-3-4-6(7)8;;/h27-29H,9-26H2,1-8H3;2,6-18H2,1,3-5H3;2H,1,3-5H2;2*1H/q2*+1;;;/p-2. The molecule has 414 valence electrons. The number of ether oxygens (including phenoxy) is 2. The maximum Gasteiger partial charge on any atom is 0.333 e. The van der Waals surface area contributed by atoms with Crippen LogP contribution in [0.25, 0.3) is 0 Å². The van der Waals surface area contributed by atoms with E-state index in [1.54, 1.807) is 18.0 Å². The smallest absolute Gasteiger partial charge is 0.333 e. The fourth-order valence-electron chi connectivity index (χ4n) is 9.16. The van der Waals surface area contributed by atoms with E-state index in [9.17, 15) is 19.2 Å². The lowest BCUT2D eigenvalue weighted by atomic mass is 9.73. The lowest BCUT2D eigenvalue weighted by Crippen LogP contribution is -3.00. The first-order valence-electron chi connectivity index (χ1n) is 28.0. The molecule has 12 heteroatoms. The van der Waals surface area contributed by atoms with E-state index in [1.165, 1.54) is 128 Å². The van der Waals surface area contributed by atoms with Gasteiger partial charge >= 0.3 is 11.9 Å². The van der Waals surface area contributed by atoms with Crippen LogP contribution in [0.2, 0.25) is 0 Å². The van der Waals surface area contributed by atoms with Crippen molar-refractivity contribution in [2.24, 2.45) is 17.3 Å². The van der Waals surface area contributed by atoms with Gasteiger partial charge in [-0.1, -0.05) is 157 Å². The summed E-state index contributed by atoms with van der Waals surface area (Å²) in [6, 6.07) is 0.110. The van der Waals surface area contributed by atoms with Gasteiger partial charge in [-0.15, -0.1) is 0 Å². The van der Waals surface area contributed by atoms with Gasteiger partial charge in [-0.2, -0.15) is 0 Å². The molecule has 2 heterocycles. The molecule has 2 amide bonds. The summed E-state index contributed by atoms with van der Waals surface area (Å²) in [6.07, 6.45) is 33.7. The van der Waals surface area contributed by atoms with Crippen molar-refractivity contribution >= 4 is 23.8 Å². The van der Waals surface area contributed by atoms with Crippen LogP contribution in [0.15, 0.2) is 24.9 Å². The van der Waals surface area contributed by atoms with E-state index in [-0.39, 0.29) is 83.7 Å². The van der Waals surface area contributed by atoms with Crippen molar-refractivity contribution in [3.63, 3.8) is 0 Å². The summed E-state index contributed by atoms with van der Waals surface area (Å²) in [6.45, 7) is 30.6. The maximum atomic E-state index is 13.4. The molecule has 0 aromatic rings. The lowest BCUT2D eigenvalue weighted by Gasteiger charge is -2.39. The number of rotatable bonds is 37. The van der Waals surface area contributed by atoms with Gasteiger partial charge in [-0.3, -0.25) is 14.4 Å². The van der Waals surface area contributed by atoms with Crippen LogP contribution in [0.5, 0.6) is 0 Å². The predicted molar refractivity (Wildman–Crippen MR) is 287 cm³/mol. The number of likely N-dealkylation sites (tertiary alicyclic amines) is 2. The molecule has 2 unspecified atom stereocenters. The molecule has 0 radical (unpaired) electrons. The molecule has 0 spiro atoms. The summed E-state index contributed by atoms with van der Waals surface area (Å²) in [5.41, 5.74) is -0.110. The molecule has 0 aliphatic carbocycles. The zero-order chi connectivity index (χ0) is 51.4. The van der Waals surface area contributed by atoms with Crippen LogP contribution in [0.4, 0.5) is 0 Å². The van der Waals surface area contributed by atoms with E-state index in [1.807, 2.05) is 4.90 Å². The zero-order valence-corrected chi connectivity index (χ0v) is 52.1. The highest BCUT2D eigenvalue weighted by atomic mass is 127. The molecule has 2 fully saturated rings. The minimum Gasteiger partial charge on any atom is -1.00 e. The van der Waals surface area contributed by atoms with Crippen molar-refractivity contribution in [1.82, 2.24) is 9.80 Å². The molecular weight excluding hydrogens is 1100 g/mol. The third kappa shape index (κ3) is 35.8. The van der Waals surface area contributed by atoms with Gasteiger partial charge in [0.2, 0.25) is 11.8 Å². The Hall–Kier alpha value is -1.26. The van der Waals surface area contributed by atoms with Crippen LogP contribution in [-0.2, 0) is 28.7 Å². The number of halogens is 2. The van der Waals surface area contributed by atoms with Gasteiger partial charge in [0.15, 0.2) is 0 Å². The second-order valence-corrected chi connectivity index (χ2v) is 22.8. The Kier molecular flexibility index (Phi) is 44.9. The molecule has 10 nitrogen and oxygen atoms in total. The molecule has 0 aromatic carbocycles. The summed E-state index contributed by atoms with van der Waals surface area (Å²) in [5, 5.41) is 0. The van der Waals surface area contributed by atoms with Crippen molar-refractivity contribution in [1.29, 1.82) is 0 Å². The summed E-state index contributed by atoms with van der Waals surface area (Å²) in [7, 11) is 8.92. The fourth-order valence-corrected chi connectivity index (χ4v) is 9.16. The Balaban J connectivity index is -0.00000115. The van der Waals surface area contributed by atoms with Crippen molar-refractivity contribution in [3.8, 4) is 0 Å². The van der Waals surface area contributed by atoms with Crippen molar-refractivity contribution in [2.75, 3.05) is 80.7 Å². The van der Waals surface area contributed by atoms with Gasteiger partial charge in [0.05, 0.1) is 46.7 Å². The van der Waals surface area contributed by atoms with Crippen molar-refractivity contribution in [3.05, 3.63) is 24.9 Å². The van der Waals surface area contributed by atoms with Gasteiger partial charge < -0.3 is 76.2 Å². The number of carbonyl (C=O) groups is 4. The van der Waals surface area contributed by atoms with Gasteiger partial charge in [0, 0.05) is 37.5 Å². The monoisotopic (exact) mass is 1210 g/mol. The third-order valence-corrected chi connectivity index (χ3v) is 14.5. The van der Waals surface area contributed by atoms with Crippen LogP contribution in [0.1, 0.15) is 222 Å². The van der Waals surface area contributed by atoms with Crippen LogP contribution >= 0.6 is 0 Å². The minimum atomic E-state index is -0.587. The molecule has 0 bridgehead atoms. The second kappa shape index (κ2) is 43.0. The lowest BCUT2D eigenvalue weighted by molar-refractivity contribution is -0.890. The number of likely N-dealkylation sites (N-methyl/N-ethyl adjacent to an activating group) is 2. The van der Waals surface area contributed by atoms with Gasteiger partial charge in [0.1, 0.15) is 26.3 Å². The van der Waals surface area contributed by atoms with E-state index >= 15 is 0 Å². The number of hydrogen-bond donors (Lipinski definition) is 0. The normalized spacial score (nSPS) is 15.0. The van der Waals surface area contributed by atoms with E-state index in [2.05, 4.69) is 89.8 Å². The number of quaternary nitrogens is 2. The highest BCUT2D eigenvalue weighted by Crippen LogP contribution is 2.38. The SMILES string of the molecule is C=C(C)C(=O)OCC[N+](C)(C)CCCCCCCCCCCC.C=CN1CCCC1=O.CCCCCCCCCCCC[N+](C)(C)CCOC(=O)C(C)(CC(CC(C)C)N1CCCC1=O)C(C)C.[I-].[I-]. The summed E-state index contributed by atoms with van der Waals surface area (Å²) in [5.74, 6) is 0.721. The van der Waals surface area contributed by atoms with Crippen molar-refractivity contribution in [2.45, 2.75) is 228 Å². The van der Waals surface area contributed by atoms with Crippen LogP contribution < -0.4 is 48.0 Å². The zero-order valence-electron chi connectivity index (χ0n) is 47.8. The molecule has 0 N–H and O–H groups in total. The van der Waals surface area contributed by atoms with E-state index in [0.717, 1.165) is 67.5 Å². The van der Waals surface area contributed by atoms with E-state index in [4.69, 9.17) is 9.47 Å². The number of unbranched alkanes of at least 4 members (excludes halogenated alkanes) is 18. The summed E-state index contributed by atoms with van der Waals surface area (Å²) < 4.78 is 12.9.